The number of ether oxygens (including phenoxy) is 1. The van der Waals surface area contributed by atoms with Crippen molar-refractivity contribution in [2.75, 3.05) is 0 Å². The summed E-state index contributed by atoms with van der Waals surface area (Å²) in [5.74, 6) is -0.0405. The summed E-state index contributed by atoms with van der Waals surface area (Å²) in [6, 6.07) is 0. The van der Waals surface area contributed by atoms with Crippen LogP contribution in [0.25, 0.3) is 0 Å². The number of esters is 1. The van der Waals surface area contributed by atoms with E-state index in [1.807, 2.05) is 6.92 Å². The highest BCUT2D eigenvalue weighted by molar-refractivity contribution is 5.72. The topological polar surface area (TPSA) is 50.9 Å². The van der Waals surface area contributed by atoms with Crippen LogP contribution in [0.1, 0.15) is 19.8 Å². The SMILES string of the molecule is CC1CC(O)CC(=[OH+])O1. The van der Waals surface area contributed by atoms with Gasteiger partial charge in [-0.1, -0.05) is 0 Å². The Bertz CT molecular complexity index is 109. The molecule has 0 saturated carbocycles. The number of carbonyl (C=O) groups excluding carboxylic acids is 1. The van der Waals surface area contributed by atoms with E-state index in [0.717, 1.165) is 0 Å². The second-order valence-corrected chi connectivity index (χ2v) is 2.42. The molecule has 1 aliphatic rings. The Morgan fingerprint density at radius 2 is 2.44 bits per heavy atom. The zero-order valence-corrected chi connectivity index (χ0v) is 5.37. The second-order valence-electron chi connectivity index (χ2n) is 2.42. The van der Waals surface area contributed by atoms with Gasteiger partial charge in [0.2, 0.25) is 0 Å². The van der Waals surface area contributed by atoms with Crippen LogP contribution in [-0.2, 0) is 4.74 Å². The first-order chi connectivity index (χ1) is 4.18. The molecule has 1 heterocycles. The number of cyclic esters (lactones) is 1. The van der Waals surface area contributed by atoms with Crippen LogP contribution in [0.15, 0.2) is 0 Å². The van der Waals surface area contributed by atoms with Crippen LogP contribution in [0.2, 0.25) is 0 Å². The zero-order valence-electron chi connectivity index (χ0n) is 5.37. The lowest BCUT2D eigenvalue weighted by molar-refractivity contribution is 0.0534. The van der Waals surface area contributed by atoms with E-state index in [-0.39, 0.29) is 18.5 Å². The summed E-state index contributed by atoms with van der Waals surface area (Å²) in [7, 11) is 0. The summed E-state index contributed by atoms with van der Waals surface area (Å²) in [5, 5.41) is 8.99. The van der Waals surface area contributed by atoms with Crippen molar-refractivity contribution in [3.63, 3.8) is 0 Å². The maximum absolute atomic E-state index is 8.99. The molecule has 1 saturated heterocycles. The third kappa shape index (κ3) is 1.68. The Labute approximate surface area is 53.6 Å². The van der Waals surface area contributed by atoms with Crippen molar-refractivity contribution in [2.45, 2.75) is 32.0 Å². The molecule has 0 bridgehead atoms. The van der Waals surface area contributed by atoms with Crippen LogP contribution < -0.4 is 0 Å². The molecule has 3 heteroatoms. The smallest absolute Gasteiger partial charge is 0.392 e. The molecule has 1 fully saturated rings. The third-order valence-corrected chi connectivity index (χ3v) is 1.35. The minimum atomic E-state index is -0.422. The fourth-order valence-electron chi connectivity index (χ4n) is 0.997. The first kappa shape index (κ1) is 6.55. The fraction of sp³-hybridized carbons (Fsp3) is 0.833. The van der Waals surface area contributed by atoms with Gasteiger partial charge < -0.3 is 14.6 Å². The average molecular weight is 131 g/mol. The van der Waals surface area contributed by atoms with Gasteiger partial charge in [0.1, 0.15) is 6.42 Å². The molecule has 2 unspecified atom stereocenters. The molecule has 2 N–H and O–H groups in total. The van der Waals surface area contributed by atoms with E-state index < -0.39 is 6.10 Å². The molecule has 0 aromatic rings. The molecular formula is C6H11O3+. The number of hydrogen-bond donors (Lipinski definition) is 1. The van der Waals surface area contributed by atoms with Crippen molar-refractivity contribution in [3.05, 3.63) is 0 Å². The molecule has 0 aliphatic carbocycles. The highest BCUT2D eigenvalue weighted by Crippen LogP contribution is 2.13. The van der Waals surface area contributed by atoms with Crippen LogP contribution in [0.5, 0.6) is 0 Å². The number of rotatable bonds is 0. The van der Waals surface area contributed by atoms with Crippen LogP contribution in [0.4, 0.5) is 0 Å². The Balaban J connectivity index is 2.43. The molecule has 2 atom stereocenters. The highest BCUT2D eigenvalue weighted by atomic mass is 16.5. The summed E-state index contributed by atoms with van der Waals surface area (Å²) in [6.07, 6.45) is 0.413. The standard InChI is InChI=1S/C6H10O3/c1-4-2-5(7)3-6(8)9-4/h4-5,7H,2-3H2,1H3/p+1. The van der Waals surface area contributed by atoms with Gasteiger partial charge in [0.05, 0.1) is 6.10 Å². The Kier molecular flexibility index (Phi) is 1.71. The molecule has 9 heavy (non-hydrogen) atoms. The summed E-state index contributed by atoms with van der Waals surface area (Å²) < 4.78 is 4.87. The summed E-state index contributed by atoms with van der Waals surface area (Å²) in [6.45, 7) is 1.82. The maximum atomic E-state index is 8.99. The molecule has 1 aliphatic heterocycles. The molecule has 1 rings (SSSR count). The van der Waals surface area contributed by atoms with Crippen molar-refractivity contribution >= 4 is 5.97 Å². The van der Waals surface area contributed by atoms with E-state index >= 15 is 0 Å². The highest BCUT2D eigenvalue weighted by Gasteiger charge is 2.30. The number of aliphatic hydroxyl groups is 1. The van der Waals surface area contributed by atoms with Crippen molar-refractivity contribution in [2.24, 2.45) is 0 Å². The van der Waals surface area contributed by atoms with Gasteiger partial charge in [0.15, 0.2) is 6.10 Å². The average Bonchev–Trinajstić information content (AvgIpc) is 1.59. The van der Waals surface area contributed by atoms with Crippen LogP contribution in [0.3, 0.4) is 0 Å². The van der Waals surface area contributed by atoms with Gasteiger partial charge in [-0.15, -0.1) is 0 Å². The zero-order chi connectivity index (χ0) is 6.85. The van der Waals surface area contributed by atoms with Gasteiger partial charge in [0, 0.05) is 6.42 Å². The molecule has 3 nitrogen and oxygen atoms in total. The Morgan fingerprint density at radius 1 is 1.78 bits per heavy atom. The lowest BCUT2D eigenvalue weighted by Gasteiger charge is -2.15. The van der Waals surface area contributed by atoms with Gasteiger partial charge in [-0.05, 0) is 6.92 Å². The fourth-order valence-corrected chi connectivity index (χ4v) is 0.997. The van der Waals surface area contributed by atoms with Crippen LogP contribution >= 0.6 is 0 Å². The van der Waals surface area contributed by atoms with Gasteiger partial charge in [-0.25, -0.2) is 0 Å². The first-order valence-corrected chi connectivity index (χ1v) is 3.08. The van der Waals surface area contributed by atoms with Gasteiger partial charge >= 0.3 is 5.97 Å². The lowest BCUT2D eigenvalue weighted by atomic mass is 10.1. The van der Waals surface area contributed by atoms with E-state index in [9.17, 15) is 0 Å². The minimum absolute atomic E-state index is 0.0405. The van der Waals surface area contributed by atoms with E-state index in [4.69, 9.17) is 14.6 Å². The predicted molar refractivity (Wildman–Crippen MR) is 32.7 cm³/mol. The van der Waals surface area contributed by atoms with Crippen molar-refractivity contribution in [1.29, 1.82) is 0 Å². The van der Waals surface area contributed by atoms with E-state index in [1.54, 1.807) is 0 Å². The Hall–Kier alpha value is -0.570. The number of hydrogen-bond acceptors (Lipinski definition) is 2. The molecule has 0 aromatic carbocycles. The monoisotopic (exact) mass is 131 g/mol. The van der Waals surface area contributed by atoms with Crippen LogP contribution in [0, 0.1) is 0 Å². The molecule has 0 aromatic heterocycles. The largest absolute Gasteiger partial charge is 0.485 e. The van der Waals surface area contributed by atoms with Crippen molar-refractivity contribution in [1.82, 2.24) is 0 Å². The predicted octanol–water partition coefficient (Wildman–Crippen LogP) is 0.0486. The van der Waals surface area contributed by atoms with Gasteiger partial charge in [-0.2, -0.15) is 0 Å². The van der Waals surface area contributed by atoms with Gasteiger partial charge in [-0.3, -0.25) is 0 Å². The van der Waals surface area contributed by atoms with Gasteiger partial charge in [0.25, 0.3) is 0 Å². The quantitative estimate of drug-likeness (QED) is 0.373. The summed E-state index contributed by atoms with van der Waals surface area (Å²) >= 11 is 0. The maximum Gasteiger partial charge on any atom is 0.485 e. The van der Waals surface area contributed by atoms with Crippen molar-refractivity contribution < 1.29 is 14.6 Å². The third-order valence-electron chi connectivity index (χ3n) is 1.35. The molecular weight excluding hydrogens is 120 g/mol. The Morgan fingerprint density at radius 3 is 2.89 bits per heavy atom. The summed E-state index contributed by atoms with van der Waals surface area (Å²) in [5.41, 5.74) is 0. The van der Waals surface area contributed by atoms with Crippen LogP contribution in [-0.4, -0.2) is 28.1 Å². The molecule has 0 radical (unpaired) electrons. The first-order valence-electron chi connectivity index (χ1n) is 3.08. The molecule has 52 valence electrons. The molecule has 0 spiro atoms. The van der Waals surface area contributed by atoms with E-state index in [0.29, 0.717) is 6.42 Å². The lowest BCUT2D eigenvalue weighted by Crippen LogP contribution is -2.30. The normalized spacial score (nSPS) is 36.0. The summed E-state index contributed by atoms with van der Waals surface area (Å²) in [4.78, 5) is 8.78. The van der Waals surface area contributed by atoms with E-state index in [2.05, 4.69) is 0 Å². The second kappa shape index (κ2) is 2.35. The van der Waals surface area contributed by atoms with E-state index in [1.165, 1.54) is 0 Å². The minimum Gasteiger partial charge on any atom is -0.392 e. The molecule has 0 amide bonds. The number of aliphatic hydroxyl groups excluding tert-OH is 1. The van der Waals surface area contributed by atoms with Crippen molar-refractivity contribution in [3.8, 4) is 0 Å².